The molecule has 1 aromatic heterocycles. The molecule has 5 heteroatoms. The normalized spacial score (nSPS) is 29.9. The Balaban J connectivity index is 1.66. The van der Waals surface area contributed by atoms with Crippen LogP contribution in [-0.2, 0) is 14.3 Å². The minimum atomic E-state index is -0.211. The van der Waals surface area contributed by atoms with Crippen molar-refractivity contribution in [3.8, 4) is 0 Å². The van der Waals surface area contributed by atoms with Gasteiger partial charge in [0.25, 0.3) is 0 Å². The van der Waals surface area contributed by atoms with Crippen molar-refractivity contribution in [1.82, 2.24) is 4.98 Å². The lowest BCUT2D eigenvalue weighted by Gasteiger charge is -2.25. The summed E-state index contributed by atoms with van der Waals surface area (Å²) in [5.74, 6) is -0.0856. The number of aryl methyl sites for hydroxylation is 1. The van der Waals surface area contributed by atoms with E-state index in [1.54, 1.807) is 11.3 Å². The van der Waals surface area contributed by atoms with Crippen LogP contribution in [-0.4, -0.2) is 29.3 Å². The van der Waals surface area contributed by atoms with Crippen LogP contribution in [0.4, 0.5) is 0 Å². The SMILES string of the molecule is C/C(=C\c1csc(C)n1)[C@@H]1CC[C@@H]2O[C@@H]2C/C=C\CCCCCC(C)(C)CCC(=O)O1. The second-order valence-electron chi connectivity index (χ2n) is 9.92. The smallest absolute Gasteiger partial charge is 0.306 e. The second kappa shape index (κ2) is 11.4. The van der Waals surface area contributed by atoms with E-state index in [4.69, 9.17) is 9.47 Å². The molecule has 31 heavy (non-hydrogen) atoms. The van der Waals surface area contributed by atoms with Crippen molar-refractivity contribution < 1.29 is 14.3 Å². The van der Waals surface area contributed by atoms with Crippen LogP contribution < -0.4 is 0 Å². The van der Waals surface area contributed by atoms with Crippen LogP contribution in [0.5, 0.6) is 0 Å². The fourth-order valence-corrected chi connectivity index (χ4v) is 4.85. The van der Waals surface area contributed by atoms with Gasteiger partial charge in [-0.25, -0.2) is 4.98 Å². The Hall–Kier alpha value is -1.46. The molecule has 0 amide bonds. The number of ether oxygens (including phenoxy) is 2. The maximum atomic E-state index is 12.7. The summed E-state index contributed by atoms with van der Waals surface area (Å²) in [6, 6.07) is 0. The zero-order valence-electron chi connectivity index (χ0n) is 19.7. The fourth-order valence-electron chi connectivity index (χ4n) is 4.28. The summed E-state index contributed by atoms with van der Waals surface area (Å²) < 4.78 is 11.9. The van der Waals surface area contributed by atoms with Crippen LogP contribution in [0.25, 0.3) is 6.08 Å². The average molecular weight is 446 g/mol. The Bertz CT molecular complexity index is 779. The van der Waals surface area contributed by atoms with Gasteiger partial charge in [-0.1, -0.05) is 38.8 Å². The summed E-state index contributed by atoms with van der Waals surface area (Å²) in [4.78, 5) is 17.3. The Morgan fingerprint density at radius 3 is 2.77 bits per heavy atom. The molecule has 0 unspecified atom stereocenters. The van der Waals surface area contributed by atoms with Gasteiger partial charge in [-0.2, -0.15) is 0 Å². The van der Waals surface area contributed by atoms with E-state index in [1.165, 1.54) is 19.3 Å². The van der Waals surface area contributed by atoms with E-state index in [1.807, 2.05) is 6.92 Å². The van der Waals surface area contributed by atoms with E-state index in [-0.39, 0.29) is 23.6 Å². The molecule has 0 N–H and O–H groups in total. The first-order valence-electron chi connectivity index (χ1n) is 11.9. The molecule has 1 fully saturated rings. The Kier molecular flexibility index (Phi) is 8.91. The molecule has 0 saturated carbocycles. The molecule has 172 valence electrons. The quantitative estimate of drug-likeness (QED) is 0.278. The van der Waals surface area contributed by atoms with Gasteiger partial charge in [0.05, 0.1) is 22.9 Å². The second-order valence-corrected chi connectivity index (χ2v) is 11.0. The Labute approximate surface area is 192 Å². The van der Waals surface area contributed by atoms with E-state index in [0.717, 1.165) is 54.8 Å². The van der Waals surface area contributed by atoms with E-state index in [0.29, 0.717) is 12.5 Å². The predicted molar refractivity (Wildman–Crippen MR) is 128 cm³/mol. The number of nitrogens with zero attached hydrogens (tertiary/aromatic N) is 1. The number of hydrogen-bond donors (Lipinski definition) is 0. The third kappa shape index (κ3) is 8.53. The van der Waals surface area contributed by atoms with Crippen molar-refractivity contribution >= 4 is 23.4 Å². The molecule has 3 heterocycles. The highest BCUT2D eigenvalue weighted by Crippen LogP contribution is 2.33. The third-order valence-electron chi connectivity index (χ3n) is 6.46. The highest BCUT2D eigenvalue weighted by Gasteiger charge is 2.38. The number of hydrogen-bond acceptors (Lipinski definition) is 5. The standard InChI is InChI=1S/C26H39NO3S/c1-19(17-21-18-31-20(2)27-21)22-12-13-24-23(29-24)11-9-7-5-6-8-10-15-26(3,4)16-14-25(28)30-22/h7,9,17-18,22-24H,5-6,8,10-16H2,1-4H3/b9-7-,19-17+/t22-,23+,24-/m0/s1. The number of cyclic esters (lactones) is 1. The van der Waals surface area contributed by atoms with Crippen molar-refractivity contribution in [2.24, 2.45) is 5.41 Å². The molecule has 0 bridgehead atoms. The maximum Gasteiger partial charge on any atom is 0.306 e. The van der Waals surface area contributed by atoms with Crippen LogP contribution >= 0.6 is 11.3 Å². The molecule has 2 aliphatic rings. The monoisotopic (exact) mass is 445 g/mol. The number of aromatic nitrogens is 1. The number of carbonyl (C=O) groups is 1. The first-order valence-corrected chi connectivity index (χ1v) is 12.8. The number of carbonyl (C=O) groups excluding carboxylic acids is 1. The number of rotatable bonds is 2. The largest absolute Gasteiger partial charge is 0.458 e. The van der Waals surface area contributed by atoms with Gasteiger partial charge in [-0.05, 0) is 75.9 Å². The molecule has 1 aromatic rings. The number of esters is 1. The lowest BCUT2D eigenvalue weighted by molar-refractivity contribution is -0.148. The van der Waals surface area contributed by atoms with Crippen LogP contribution in [0.3, 0.4) is 0 Å². The van der Waals surface area contributed by atoms with Crippen LogP contribution in [0.2, 0.25) is 0 Å². The molecule has 0 aliphatic carbocycles. The number of thiazole rings is 1. The van der Waals surface area contributed by atoms with Gasteiger partial charge >= 0.3 is 5.97 Å². The highest BCUT2D eigenvalue weighted by molar-refractivity contribution is 7.09. The molecular formula is C26H39NO3S. The van der Waals surface area contributed by atoms with Crippen LogP contribution in [0.15, 0.2) is 23.1 Å². The zero-order chi connectivity index (χ0) is 22.3. The maximum absolute atomic E-state index is 12.7. The molecule has 3 atom stereocenters. The topological polar surface area (TPSA) is 51.7 Å². The molecule has 3 rings (SSSR count). The molecule has 2 aliphatic heterocycles. The lowest BCUT2D eigenvalue weighted by atomic mass is 9.82. The van der Waals surface area contributed by atoms with Gasteiger partial charge in [0, 0.05) is 11.8 Å². The zero-order valence-corrected chi connectivity index (χ0v) is 20.5. The van der Waals surface area contributed by atoms with Gasteiger partial charge < -0.3 is 9.47 Å². The Morgan fingerprint density at radius 1 is 1.16 bits per heavy atom. The molecule has 0 spiro atoms. The van der Waals surface area contributed by atoms with Crippen LogP contribution in [0.1, 0.15) is 95.7 Å². The van der Waals surface area contributed by atoms with E-state index < -0.39 is 0 Å². The molecule has 0 radical (unpaired) electrons. The van der Waals surface area contributed by atoms with Gasteiger partial charge in [0.2, 0.25) is 0 Å². The minimum absolute atomic E-state index is 0.0856. The average Bonchev–Trinajstić information content (AvgIpc) is 3.34. The first kappa shape index (κ1) is 24.2. The van der Waals surface area contributed by atoms with E-state index in [2.05, 4.69) is 49.4 Å². The molecular weight excluding hydrogens is 406 g/mol. The van der Waals surface area contributed by atoms with Crippen LogP contribution in [0, 0.1) is 12.3 Å². The summed E-state index contributed by atoms with van der Waals surface area (Å²) >= 11 is 1.64. The first-order chi connectivity index (χ1) is 14.8. The van der Waals surface area contributed by atoms with Crippen molar-refractivity contribution in [1.29, 1.82) is 0 Å². The summed E-state index contributed by atoms with van der Waals surface area (Å²) in [5, 5.41) is 3.10. The number of fused-ring (bicyclic) bond motifs is 1. The van der Waals surface area contributed by atoms with Gasteiger partial charge in [-0.15, -0.1) is 11.3 Å². The number of allylic oxidation sites excluding steroid dienone is 1. The van der Waals surface area contributed by atoms with Crippen molar-refractivity contribution in [3.63, 3.8) is 0 Å². The minimum Gasteiger partial charge on any atom is -0.458 e. The third-order valence-corrected chi connectivity index (χ3v) is 7.25. The van der Waals surface area contributed by atoms with E-state index >= 15 is 0 Å². The highest BCUT2D eigenvalue weighted by atomic mass is 32.1. The van der Waals surface area contributed by atoms with Gasteiger partial charge in [-0.3, -0.25) is 4.79 Å². The summed E-state index contributed by atoms with van der Waals surface area (Å²) in [5.41, 5.74) is 2.18. The summed E-state index contributed by atoms with van der Waals surface area (Å²) in [6.07, 6.45) is 17.2. The summed E-state index contributed by atoms with van der Waals surface area (Å²) in [6.45, 7) is 8.61. The molecule has 0 aromatic carbocycles. The predicted octanol–water partition coefficient (Wildman–Crippen LogP) is 7.03. The van der Waals surface area contributed by atoms with Crippen molar-refractivity contribution in [2.45, 2.75) is 110 Å². The molecule has 4 nitrogen and oxygen atoms in total. The fraction of sp³-hybridized carbons (Fsp3) is 0.692. The Morgan fingerprint density at radius 2 is 2.00 bits per heavy atom. The lowest BCUT2D eigenvalue weighted by Crippen LogP contribution is -2.22. The van der Waals surface area contributed by atoms with Crippen molar-refractivity contribution in [3.05, 3.63) is 33.8 Å². The van der Waals surface area contributed by atoms with Gasteiger partial charge in [0.1, 0.15) is 6.10 Å². The summed E-state index contributed by atoms with van der Waals surface area (Å²) in [7, 11) is 0. The molecule has 1 saturated heterocycles. The van der Waals surface area contributed by atoms with Gasteiger partial charge in [0.15, 0.2) is 0 Å². The van der Waals surface area contributed by atoms with E-state index in [9.17, 15) is 4.79 Å². The van der Waals surface area contributed by atoms with Crippen molar-refractivity contribution in [2.75, 3.05) is 0 Å². The number of epoxide rings is 1.